The molecule has 1 aromatic carbocycles. The van der Waals surface area contributed by atoms with Gasteiger partial charge in [-0.3, -0.25) is 14.6 Å². The van der Waals surface area contributed by atoms with Gasteiger partial charge in [-0.25, -0.2) is 4.39 Å². The van der Waals surface area contributed by atoms with E-state index in [0.717, 1.165) is 0 Å². The van der Waals surface area contributed by atoms with Gasteiger partial charge in [-0.15, -0.1) is 0 Å². The summed E-state index contributed by atoms with van der Waals surface area (Å²) in [6, 6.07) is 7.96. The lowest BCUT2D eigenvalue weighted by atomic mass is 10.2. The van der Waals surface area contributed by atoms with Crippen molar-refractivity contribution in [2.75, 3.05) is 31.5 Å². The lowest BCUT2D eigenvalue weighted by Gasteiger charge is -2.34. The molecule has 2 heterocycles. The normalized spacial score (nSPS) is 14.3. The summed E-state index contributed by atoms with van der Waals surface area (Å²) in [5, 5.41) is 2.93. The molecule has 130 valence electrons. The van der Waals surface area contributed by atoms with Gasteiger partial charge in [0.15, 0.2) is 0 Å². The molecule has 1 saturated heterocycles. The zero-order valence-corrected chi connectivity index (χ0v) is 13.9. The second kappa shape index (κ2) is 7.29. The zero-order valence-electron chi connectivity index (χ0n) is 13.9. The van der Waals surface area contributed by atoms with E-state index in [1.54, 1.807) is 34.1 Å². The van der Waals surface area contributed by atoms with Crippen LogP contribution >= 0.6 is 0 Å². The Kier molecular flexibility index (Phi) is 4.92. The molecule has 0 radical (unpaired) electrons. The van der Waals surface area contributed by atoms with Crippen LogP contribution in [0.1, 0.15) is 17.3 Å². The number of carbonyl (C=O) groups excluding carboxylic acids is 2. The molecule has 2 aromatic rings. The first kappa shape index (κ1) is 16.9. The third-order valence-electron chi connectivity index (χ3n) is 4.15. The number of benzene rings is 1. The van der Waals surface area contributed by atoms with Gasteiger partial charge < -0.3 is 15.1 Å². The van der Waals surface area contributed by atoms with Crippen LogP contribution in [0, 0.1) is 5.82 Å². The van der Waals surface area contributed by atoms with Crippen LogP contribution < -0.4 is 5.32 Å². The van der Waals surface area contributed by atoms with Crippen LogP contribution in [-0.2, 0) is 4.79 Å². The third kappa shape index (κ3) is 3.93. The molecule has 25 heavy (non-hydrogen) atoms. The van der Waals surface area contributed by atoms with Gasteiger partial charge in [0, 0.05) is 39.3 Å². The van der Waals surface area contributed by atoms with E-state index < -0.39 is 0 Å². The van der Waals surface area contributed by atoms with E-state index in [4.69, 9.17) is 0 Å². The molecule has 0 spiro atoms. The first-order chi connectivity index (χ1) is 12.0. The molecule has 0 bridgehead atoms. The van der Waals surface area contributed by atoms with Crippen molar-refractivity contribution < 1.29 is 14.0 Å². The van der Waals surface area contributed by atoms with Crippen molar-refractivity contribution in [3.63, 3.8) is 0 Å². The van der Waals surface area contributed by atoms with Crippen molar-refractivity contribution in [1.82, 2.24) is 14.8 Å². The molecule has 2 amide bonds. The van der Waals surface area contributed by atoms with Gasteiger partial charge in [-0.2, -0.15) is 0 Å². The summed E-state index contributed by atoms with van der Waals surface area (Å²) < 4.78 is 13.7. The number of rotatable bonds is 3. The fraction of sp³-hybridized carbons (Fsp3) is 0.278. The van der Waals surface area contributed by atoms with Gasteiger partial charge in [0.1, 0.15) is 5.82 Å². The van der Waals surface area contributed by atoms with E-state index in [0.29, 0.717) is 43.1 Å². The maximum atomic E-state index is 13.7. The fourth-order valence-corrected chi connectivity index (χ4v) is 2.75. The Morgan fingerprint density at radius 2 is 1.76 bits per heavy atom. The van der Waals surface area contributed by atoms with Gasteiger partial charge in [-0.05, 0) is 18.2 Å². The van der Waals surface area contributed by atoms with Gasteiger partial charge in [0.05, 0.1) is 23.1 Å². The van der Waals surface area contributed by atoms with Crippen LogP contribution in [0.3, 0.4) is 0 Å². The van der Waals surface area contributed by atoms with Gasteiger partial charge >= 0.3 is 0 Å². The average molecular weight is 342 g/mol. The van der Waals surface area contributed by atoms with E-state index in [1.807, 2.05) is 0 Å². The second-order valence-electron chi connectivity index (χ2n) is 5.87. The van der Waals surface area contributed by atoms with Crippen molar-refractivity contribution in [1.29, 1.82) is 0 Å². The molecular formula is C18H19FN4O2. The number of aromatic nitrogens is 1. The Hall–Kier alpha value is -2.96. The molecule has 1 fully saturated rings. The summed E-state index contributed by atoms with van der Waals surface area (Å²) >= 11 is 0. The number of pyridine rings is 1. The van der Waals surface area contributed by atoms with Crippen LogP contribution in [0.5, 0.6) is 0 Å². The van der Waals surface area contributed by atoms with Crippen molar-refractivity contribution >= 4 is 23.2 Å². The molecule has 0 unspecified atom stereocenters. The lowest BCUT2D eigenvalue weighted by Crippen LogP contribution is -2.50. The largest absolute Gasteiger partial charge is 0.352 e. The van der Waals surface area contributed by atoms with E-state index in [2.05, 4.69) is 10.3 Å². The Morgan fingerprint density at radius 3 is 2.44 bits per heavy atom. The fourth-order valence-electron chi connectivity index (χ4n) is 2.75. The molecule has 1 aromatic heterocycles. The molecular weight excluding hydrogens is 323 g/mol. The minimum atomic E-state index is -0.375. The van der Waals surface area contributed by atoms with Crippen molar-refractivity contribution in [3.05, 3.63) is 54.1 Å². The minimum Gasteiger partial charge on any atom is -0.352 e. The highest BCUT2D eigenvalue weighted by molar-refractivity contribution is 5.95. The highest BCUT2D eigenvalue weighted by atomic mass is 19.1. The average Bonchev–Trinajstić information content (AvgIpc) is 2.63. The number of carbonyl (C=O) groups is 2. The highest BCUT2D eigenvalue weighted by Crippen LogP contribution is 2.20. The summed E-state index contributed by atoms with van der Waals surface area (Å²) in [5.41, 5.74) is 1.29. The molecule has 0 saturated carbocycles. The Bertz CT molecular complexity index is 788. The number of amides is 2. The van der Waals surface area contributed by atoms with Gasteiger partial charge in [-0.1, -0.05) is 12.1 Å². The summed E-state index contributed by atoms with van der Waals surface area (Å²) in [6.45, 7) is 3.56. The van der Waals surface area contributed by atoms with Gasteiger partial charge in [0.25, 0.3) is 5.91 Å². The number of halogens is 1. The van der Waals surface area contributed by atoms with E-state index in [-0.39, 0.29) is 17.6 Å². The van der Waals surface area contributed by atoms with Crippen LogP contribution in [0.4, 0.5) is 15.8 Å². The molecule has 1 aliphatic heterocycles. The number of hydrogen-bond acceptors (Lipinski definition) is 4. The first-order valence-electron chi connectivity index (χ1n) is 8.06. The molecule has 0 aliphatic carbocycles. The van der Waals surface area contributed by atoms with Crippen LogP contribution in [0.2, 0.25) is 0 Å². The highest BCUT2D eigenvalue weighted by Gasteiger charge is 2.23. The number of hydrogen-bond donors (Lipinski definition) is 1. The molecule has 6 nitrogen and oxygen atoms in total. The SMILES string of the molecule is CC(=O)N1CCN(C(=O)c2cncc(Nc3ccccc3F)c2)CC1. The maximum Gasteiger partial charge on any atom is 0.255 e. The minimum absolute atomic E-state index is 0.0184. The van der Waals surface area contributed by atoms with Crippen LogP contribution in [0.15, 0.2) is 42.7 Å². The molecule has 1 N–H and O–H groups in total. The lowest BCUT2D eigenvalue weighted by molar-refractivity contribution is -0.130. The maximum absolute atomic E-state index is 13.7. The number of nitrogens with one attached hydrogen (secondary N) is 1. The zero-order chi connectivity index (χ0) is 17.8. The van der Waals surface area contributed by atoms with E-state index in [9.17, 15) is 14.0 Å². The topological polar surface area (TPSA) is 65.5 Å². The smallest absolute Gasteiger partial charge is 0.255 e. The number of para-hydroxylation sites is 1. The molecule has 3 rings (SSSR count). The Balaban J connectivity index is 1.70. The summed E-state index contributed by atoms with van der Waals surface area (Å²) in [6.07, 6.45) is 3.03. The van der Waals surface area contributed by atoms with Crippen molar-refractivity contribution in [3.8, 4) is 0 Å². The second-order valence-corrected chi connectivity index (χ2v) is 5.87. The molecule has 7 heteroatoms. The monoisotopic (exact) mass is 342 g/mol. The van der Waals surface area contributed by atoms with Crippen molar-refractivity contribution in [2.45, 2.75) is 6.92 Å². The van der Waals surface area contributed by atoms with E-state index in [1.165, 1.54) is 25.4 Å². The van der Waals surface area contributed by atoms with Crippen molar-refractivity contribution in [2.24, 2.45) is 0 Å². The Labute approximate surface area is 145 Å². The summed E-state index contributed by atoms with van der Waals surface area (Å²) in [4.78, 5) is 31.5. The summed E-state index contributed by atoms with van der Waals surface area (Å²) in [5.74, 6) is -0.502. The Morgan fingerprint density at radius 1 is 1.08 bits per heavy atom. The number of nitrogens with zero attached hydrogens (tertiary/aromatic N) is 3. The third-order valence-corrected chi connectivity index (χ3v) is 4.15. The first-order valence-corrected chi connectivity index (χ1v) is 8.06. The summed E-state index contributed by atoms with van der Waals surface area (Å²) in [7, 11) is 0. The predicted molar refractivity (Wildman–Crippen MR) is 92.1 cm³/mol. The van der Waals surface area contributed by atoms with Crippen LogP contribution in [-0.4, -0.2) is 52.8 Å². The molecule has 1 aliphatic rings. The van der Waals surface area contributed by atoms with Gasteiger partial charge in [0.2, 0.25) is 5.91 Å². The number of anilines is 2. The molecule has 0 atom stereocenters. The van der Waals surface area contributed by atoms with Crippen LogP contribution in [0.25, 0.3) is 0 Å². The standard InChI is InChI=1S/C18H19FN4O2/c1-13(24)22-6-8-23(9-7-22)18(25)14-10-15(12-20-11-14)21-17-5-3-2-4-16(17)19/h2-5,10-12,21H,6-9H2,1H3. The predicted octanol–water partition coefficient (Wildman–Crippen LogP) is 2.27. The van der Waals surface area contributed by atoms with E-state index >= 15 is 0 Å². The number of piperazine rings is 1. The quantitative estimate of drug-likeness (QED) is 0.929.